The van der Waals surface area contributed by atoms with Crippen molar-refractivity contribution < 1.29 is 19.8 Å². The summed E-state index contributed by atoms with van der Waals surface area (Å²) >= 11 is 1.14. The minimum absolute atomic E-state index is 0.0324. The van der Waals surface area contributed by atoms with Gasteiger partial charge in [-0.15, -0.1) is 11.3 Å². The molecule has 0 atom stereocenters. The van der Waals surface area contributed by atoms with Crippen molar-refractivity contribution in [3.05, 3.63) is 22.2 Å². The number of nitrogens with two attached hydrogens (primary N) is 1. The van der Waals surface area contributed by atoms with E-state index in [1.807, 2.05) is 0 Å². The smallest absolute Gasteiger partial charge is 0.343 e. The van der Waals surface area contributed by atoms with Crippen LogP contribution in [0.2, 0.25) is 0 Å². The van der Waals surface area contributed by atoms with Gasteiger partial charge < -0.3 is 15.9 Å². The predicted molar refractivity (Wildman–Crippen MR) is 53.4 cm³/mol. The van der Waals surface area contributed by atoms with E-state index in [2.05, 4.69) is 4.98 Å². The maximum absolute atomic E-state index is 10.7. The second kappa shape index (κ2) is 4.67. The first kappa shape index (κ1) is 11.3. The zero-order valence-electron chi connectivity index (χ0n) is 7.51. The average molecular weight is 228 g/mol. The molecule has 0 radical (unpaired) electrons. The molecule has 80 valence electrons. The van der Waals surface area contributed by atoms with Crippen LogP contribution in [0.3, 0.4) is 0 Å². The molecule has 7 heteroatoms. The fraction of sp³-hybridized carbons (Fsp3) is 0.125. The number of hydrogen-bond acceptors (Lipinski definition) is 5. The monoisotopic (exact) mass is 228 g/mol. The maximum Gasteiger partial charge on any atom is 0.343 e. The number of aromatic nitrogens is 1. The highest BCUT2D eigenvalue weighted by Gasteiger charge is 2.23. The molecule has 4 N–H and O–H groups in total. The molecule has 0 spiro atoms. The largest absolute Gasteiger partial charge is 0.477 e. The average Bonchev–Trinajstić information content (AvgIpc) is 2.64. The van der Waals surface area contributed by atoms with Crippen LogP contribution < -0.4 is 5.73 Å². The Balaban J connectivity index is 3.33. The number of thiazole rings is 1. The van der Waals surface area contributed by atoms with Crippen molar-refractivity contribution in [2.45, 2.75) is 0 Å². The van der Waals surface area contributed by atoms with Crippen LogP contribution in [0.15, 0.2) is 17.2 Å². The second-order valence-corrected chi connectivity index (χ2v) is 3.40. The molecule has 15 heavy (non-hydrogen) atoms. The second-order valence-electron chi connectivity index (χ2n) is 2.51. The Kier molecular flexibility index (Phi) is 3.53. The van der Waals surface area contributed by atoms with Crippen LogP contribution in [-0.4, -0.2) is 33.7 Å². The normalized spacial score (nSPS) is 9.67. The topological polar surface area (TPSA) is 114 Å². The summed E-state index contributed by atoms with van der Waals surface area (Å²) in [7, 11) is 0. The summed E-state index contributed by atoms with van der Waals surface area (Å²) in [6.07, 6.45) is 1.46. The van der Waals surface area contributed by atoms with Crippen LogP contribution in [0, 0.1) is 0 Å². The summed E-state index contributed by atoms with van der Waals surface area (Å²) in [5, 5.41) is 19.4. The van der Waals surface area contributed by atoms with E-state index in [9.17, 15) is 9.59 Å². The third kappa shape index (κ3) is 2.39. The lowest BCUT2D eigenvalue weighted by molar-refractivity contribution is -0.140. The molecular weight excluding hydrogens is 220 g/mol. The summed E-state index contributed by atoms with van der Waals surface area (Å²) in [6, 6.07) is 0. The lowest BCUT2D eigenvalue weighted by Crippen LogP contribution is -2.17. The lowest BCUT2D eigenvalue weighted by atomic mass is 10.1. The maximum atomic E-state index is 10.7. The molecule has 0 fully saturated rings. The highest BCUT2D eigenvalue weighted by Crippen LogP contribution is 2.20. The number of hydrogen-bond donors (Lipinski definition) is 3. The summed E-state index contributed by atoms with van der Waals surface area (Å²) in [4.78, 5) is 25.3. The van der Waals surface area contributed by atoms with Gasteiger partial charge >= 0.3 is 11.9 Å². The van der Waals surface area contributed by atoms with Gasteiger partial charge in [-0.2, -0.15) is 0 Å². The Bertz CT molecular complexity index is 394. The highest BCUT2D eigenvalue weighted by molar-refractivity contribution is 7.10. The molecule has 0 bridgehead atoms. The van der Waals surface area contributed by atoms with E-state index in [1.165, 1.54) is 6.20 Å². The van der Waals surface area contributed by atoms with Gasteiger partial charge in [-0.05, 0) is 0 Å². The van der Waals surface area contributed by atoms with E-state index in [0.717, 1.165) is 11.3 Å². The fourth-order valence-corrected chi connectivity index (χ4v) is 1.72. The highest BCUT2D eigenvalue weighted by atomic mass is 32.1. The van der Waals surface area contributed by atoms with E-state index in [-0.39, 0.29) is 12.1 Å². The Hall–Kier alpha value is -1.73. The van der Waals surface area contributed by atoms with Crippen LogP contribution in [-0.2, 0) is 9.59 Å². The molecule has 0 amide bonds. The lowest BCUT2D eigenvalue weighted by Gasteiger charge is -2.03. The zero-order valence-corrected chi connectivity index (χ0v) is 8.32. The molecule has 0 unspecified atom stereocenters. The van der Waals surface area contributed by atoms with Crippen molar-refractivity contribution in [3.8, 4) is 0 Å². The minimum atomic E-state index is -1.52. The first-order chi connectivity index (χ1) is 7.07. The van der Waals surface area contributed by atoms with E-state index < -0.39 is 17.5 Å². The van der Waals surface area contributed by atoms with E-state index in [4.69, 9.17) is 15.9 Å². The van der Waals surface area contributed by atoms with Crippen LogP contribution >= 0.6 is 11.3 Å². The first-order valence-electron chi connectivity index (χ1n) is 3.87. The summed E-state index contributed by atoms with van der Waals surface area (Å²) < 4.78 is 0. The molecule has 1 aromatic heterocycles. The fourth-order valence-electron chi connectivity index (χ4n) is 1.02. The van der Waals surface area contributed by atoms with E-state index in [1.54, 1.807) is 5.38 Å². The van der Waals surface area contributed by atoms with Crippen molar-refractivity contribution in [2.24, 2.45) is 5.73 Å². The van der Waals surface area contributed by atoms with Gasteiger partial charge in [0.2, 0.25) is 0 Å². The zero-order chi connectivity index (χ0) is 11.4. The van der Waals surface area contributed by atoms with Gasteiger partial charge in [0.1, 0.15) is 5.01 Å². The number of carbonyl (C=O) groups is 2. The first-order valence-corrected chi connectivity index (χ1v) is 4.75. The molecule has 1 rings (SSSR count). The molecule has 0 aromatic carbocycles. The summed E-state index contributed by atoms with van der Waals surface area (Å²) in [5.41, 5.74) is 4.63. The van der Waals surface area contributed by atoms with Crippen LogP contribution in [0.4, 0.5) is 0 Å². The molecular formula is C8H8N2O4S. The number of rotatable bonds is 4. The SMILES string of the molecule is NCC(=C(C(=O)O)C(=O)O)c1nccs1. The van der Waals surface area contributed by atoms with Gasteiger partial charge in [0.15, 0.2) is 5.57 Å². The van der Waals surface area contributed by atoms with E-state index in [0.29, 0.717) is 5.01 Å². The Morgan fingerprint density at radius 1 is 1.40 bits per heavy atom. The molecule has 0 aliphatic rings. The van der Waals surface area contributed by atoms with Gasteiger partial charge in [-0.1, -0.05) is 0 Å². The minimum Gasteiger partial charge on any atom is -0.477 e. The van der Waals surface area contributed by atoms with Crippen molar-refractivity contribution in [1.82, 2.24) is 4.98 Å². The Morgan fingerprint density at radius 3 is 2.33 bits per heavy atom. The quantitative estimate of drug-likeness (QED) is 0.380. The van der Waals surface area contributed by atoms with E-state index >= 15 is 0 Å². The Labute approximate surface area is 88.7 Å². The number of carboxylic acids is 2. The molecule has 0 saturated carbocycles. The number of aliphatic carboxylic acids is 2. The number of nitrogens with zero attached hydrogens (tertiary/aromatic N) is 1. The predicted octanol–water partition coefficient (Wildman–Crippen LogP) is 0.0246. The van der Waals surface area contributed by atoms with Crippen molar-refractivity contribution in [1.29, 1.82) is 0 Å². The van der Waals surface area contributed by atoms with Crippen molar-refractivity contribution in [2.75, 3.05) is 6.54 Å². The van der Waals surface area contributed by atoms with Gasteiger partial charge in [0.05, 0.1) is 0 Å². The molecule has 0 aliphatic carbocycles. The van der Waals surface area contributed by atoms with Crippen LogP contribution in [0.25, 0.3) is 5.57 Å². The standard InChI is InChI=1S/C8H8N2O4S/c9-3-4(6-10-1-2-15-6)5(7(11)12)8(13)14/h1-2H,3,9H2,(H,11,12)(H,13,14). The third-order valence-corrected chi connectivity index (χ3v) is 2.46. The molecule has 0 aliphatic heterocycles. The third-order valence-electron chi connectivity index (χ3n) is 1.62. The van der Waals surface area contributed by atoms with Gasteiger partial charge in [0, 0.05) is 23.7 Å². The van der Waals surface area contributed by atoms with Crippen LogP contribution in [0.5, 0.6) is 0 Å². The van der Waals surface area contributed by atoms with Crippen LogP contribution in [0.1, 0.15) is 5.01 Å². The molecule has 1 aromatic rings. The summed E-state index contributed by atoms with van der Waals surface area (Å²) in [6.45, 7) is -0.179. The van der Waals surface area contributed by atoms with Crippen molar-refractivity contribution >= 4 is 28.8 Å². The van der Waals surface area contributed by atoms with Crippen molar-refractivity contribution in [3.63, 3.8) is 0 Å². The Morgan fingerprint density at radius 2 is 2.00 bits per heavy atom. The van der Waals surface area contributed by atoms with Gasteiger partial charge in [-0.3, -0.25) is 0 Å². The molecule has 0 saturated heterocycles. The van der Waals surface area contributed by atoms with Gasteiger partial charge in [0.25, 0.3) is 0 Å². The van der Waals surface area contributed by atoms with Gasteiger partial charge in [-0.25, -0.2) is 14.6 Å². The molecule has 6 nitrogen and oxygen atoms in total. The number of carboxylic acid groups (broad SMARTS) is 2. The molecule has 1 heterocycles. The summed E-state index contributed by atoms with van der Waals surface area (Å²) in [5.74, 6) is -3.03.